The topological polar surface area (TPSA) is 84.9 Å². The van der Waals surface area contributed by atoms with Gasteiger partial charge in [-0.1, -0.05) is 0 Å². The zero-order valence-electron chi connectivity index (χ0n) is 12.1. The van der Waals surface area contributed by atoms with E-state index in [1.54, 1.807) is 25.3 Å². The number of rotatable bonds is 6. The zero-order valence-corrected chi connectivity index (χ0v) is 12.1. The molecule has 0 bridgehead atoms. The fourth-order valence-electron chi connectivity index (χ4n) is 2.22. The maximum Gasteiger partial charge on any atom is 0.341 e. The molecule has 1 amide bonds. The van der Waals surface area contributed by atoms with Crippen molar-refractivity contribution in [1.29, 1.82) is 0 Å². The standard InChI is InChI=1S/C15H19NO5/c1-9-5-11(21-8-14(17)18)3-4-13(9)16-15(19)10-6-12(7-10)20-2/h3-5,10,12H,6-8H2,1-2H3,(H,16,19)(H,17,18). The Morgan fingerprint density at radius 2 is 2.10 bits per heavy atom. The minimum atomic E-state index is -1.03. The van der Waals surface area contributed by atoms with Gasteiger partial charge in [0, 0.05) is 18.7 Å². The Kier molecular flexibility index (Phi) is 4.80. The third-order valence-electron chi connectivity index (χ3n) is 3.62. The number of aliphatic carboxylic acids is 1. The SMILES string of the molecule is COC1CC(C(=O)Nc2ccc(OCC(=O)O)cc2C)C1. The average molecular weight is 293 g/mol. The van der Waals surface area contributed by atoms with Crippen LogP contribution in [0.1, 0.15) is 18.4 Å². The Morgan fingerprint density at radius 1 is 1.38 bits per heavy atom. The number of carboxylic acids is 1. The van der Waals surface area contributed by atoms with Gasteiger partial charge in [-0.2, -0.15) is 0 Å². The molecule has 0 aliphatic heterocycles. The number of ether oxygens (including phenoxy) is 2. The van der Waals surface area contributed by atoms with Crippen LogP contribution in [0, 0.1) is 12.8 Å². The van der Waals surface area contributed by atoms with E-state index in [1.165, 1.54) is 0 Å². The molecule has 1 aliphatic carbocycles. The first-order chi connectivity index (χ1) is 9.99. The Hall–Kier alpha value is -2.08. The predicted octanol–water partition coefficient (Wildman–Crippen LogP) is 1.82. The van der Waals surface area contributed by atoms with Crippen molar-refractivity contribution >= 4 is 17.6 Å². The van der Waals surface area contributed by atoms with E-state index < -0.39 is 5.97 Å². The van der Waals surface area contributed by atoms with Crippen LogP contribution < -0.4 is 10.1 Å². The van der Waals surface area contributed by atoms with Crippen LogP contribution in [0.2, 0.25) is 0 Å². The zero-order chi connectivity index (χ0) is 15.4. The summed E-state index contributed by atoms with van der Waals surface area (Å²) in [6.07, 6.45) is 1.69. The molecule has 6 heteroatoms. The summed E-state index contributed by atoms with van der Waals surface area (Å²) in [5.74, 6) is -0.568. The first-order valence-electron chi connectivity index (χ1n) is 6.78. The number of aryl methyl sites for hydroxylation is 1. The van der Waals surface area contributed by atoms with Gasteiger partial charge in [-0.05, 0) is 43.5 Å². The second kappa shape index (κ2) is 6.58. The van der Waals surface area contributed by atoms with Crippen molar-refractivity contribution < 1.29 is 24.2 Å². The molecule has 1 aliphatic rings. The number of benzene rings is 1. The summed E-state index contributed by atoms with van der Waals surface area (Å²) in [4.78, 5) is 22.5. The summed E-state index contributed by atoms with van der Waals surface area (Å²) in [7, 11) is 1.65. The van der Waals surface area contributed by atoms with Gasteiger partial charge in [0.15, 0.2) is 6.61 Å². The summed E-state index contributed by atoms with van der Waals surface area (Å²) in [5, 5.41) is 11.4. The van der Waals surface area contributed by atoms with Crippen LogP contribution in [-0.4, -0.2) is 36.8 Å². The highest BCUT2D eigenvalue weighted by atomic mass is 16.5. The monoisotopic (exact) mass is 293 g/mol. The van der Waals surface area contributed by atoms with Gasteiger partial charge in [-0.3, -0.25) is 4.79 Å². The lowest BCUT2D eigenvalue weighted by Gasteiger charge is -2.33. The molecular weight excluding hydrogens is 274 g/mol. The van der Waals surface area contributed by atoms with Crippen molar-refractivity contribution in [3.05, 3.63) is 23.8 Å². The lowest BCUT2D eigenvalue weighted by atomic mass is 9.81. The van der Waals surface area contributed by atoms with Crippen molar-refractivity contribution in [2.24, 2.45) is 5.92 Å². The number of carboxylic acid groups (broad SMARTS) is 1. The summed E-state index contributed by atoms with van der Waals surface area (Å²) >= 11 is 0. The van der Waals surface area contributed by atoms with Gasteiger partial charge in [0.1, 0.15) is 5.75 Å². The van der Waals surface area contributed by atoms with E-state index in [0.717, 1.165) is 18.4 Å². The highest BCUT2D eigenvalue weighted by Crippen LogP contribution is 2.31. The molecule has 0 saturated heterocycles. The number of methoxy groups -OCH3 is 1. The van der Waals surface area contributed by atoms with Gasteiger partial charge >= 0.3 is 5.97 Å². The van der Waals surface area contributed by atoms with E-state index in [0.29, 0.717) is 11.4 Å². The van der Waals surface area contributed by atoms with Crippen LogP contribution in [0.4, 0.5) is 5.69 Å². The second-order valence-corrected chi connectivity index (χ2v) is 5.17. The molecule has 0 unspecified atom stereocenters. The molecule has 2 N–H and O–H groups in total. The van der Waals surface area contributed by atoms with Crippen LogP contribution in [0.3, 0.4) is 0 Å². The van der Waals surface area contributed by atoms with E-state index in [-0.39, 0.29) is 24.5 Å². The molecule has 0 spiro atoms. The van der Waals surface area contributed by atoms with Gasteiger partial charge in [0.2, 0.25) is 5.91 Å². The molecule has 1 saturated carbocycles. The molecule has 1 fully saturated rings. The summed E-state index contributed by atoms with van der Waals surface area (Å²) in [5.41, 5.74) is 1.54. The highest BCUT2D eigenvalue weighted by Gasteiger charge is 2.34. The van der Waals surface area contributed by atoms with Gasteiger partial charge in [0.05, 0.1) is 6.10 Å². The molecular formula is C15H19NO5. The van der Waals surface area contributed by atoms with Crippen LogP contribution in [-0.2, 0) is 14.3 Å². The summed E-state index contributed by atoms with van der Waals surface area (Å²) in [6.45, 7) is 1.45. The van der Waals surface area contributed by atoms with E-state index in [9.17, 15) is 9.59 Å². The Labute approximate surface area is 123 Å². The highest BCUT2D eigenvalue weighted by molar-refractivity contribution is 5.94. The molecule has 1 aromatic carbocycles. The molecule has 1 aromatic rings. The van der Waals surface area contributed by atoms with Gasteiger partial charge in [0.25, 0.3) is 0 Å². The fraction of sp³-hybridized carbons (Fsp3) is 0.467. The van der Waals surface area contributed by atoms with Crippen molar-refractivity contribution in [1.82, 2.24) is 0 Å². The molecule has 114 valence electrons. The molecule has 0 aromatic heterocycles. The van der Waals surface area contributed by atoms with Crippen LogP contribution >= 0.6 is 0 Å². The maximum absolute atomic E-state index is 12.0. The van der Waals surface area contributed by atoms with E-state index in [4.69, 9.17) is 14.6 Å². The minimum Gasteiger partial charge on any atom is -0.482 e. The van der Waals surface area contributed by atoms with Gasteiger partial charge in [-0.15, -0.1) is 0 Å². The number of nitrogens with one attached hydrogen (secondary N) is 1. The molecule has 0 heterocycles. The first-order valence-corrected chi connectivity index (χ1v) is 6.78. The Balaban J connectivity index is 1.91. The second-order valence-electron chi connectivity index (χ2n) is 5.17. The number of hydrogen-bond acceptors (Lipinski definition) is 4. The lowest BCUT2D eigenvalue weighted by Crippen LogP contribution is -2.38. The Morgan fingerprint density at radius 3 is 2.67 bits per heavy atom. The molecule has 21 heavy (non-hydrogen) atoms. The predicted molar refractivity (Wildman–Crippen MR) is 76.5 cm³/mol. The van der Waals surface area contributed by atoms with Crippen molar-refractivity contribution in [2.75, 3.05) is 19.0 Å². The van der Waals surface area contributed by atoms with Gasteiger partial charge < -0.3 is 19.9 Å². The van der Waals surface area contributed by atoms with E-state index in [1.807, 2.05) is 6.92 Å². The fourth-order valence-corrected chi connectivity index (χ4v) is 2.22. The largest absolute Gasteiger partial charge is 0.482 e. The molecule has 0 radical (unpaired) electrons. The van der Waals surface area contributed by atoms with Crippen LogP contribution in [0.15, 0.2) is 18.2 Å². The number of amides is 1. The van der Waals surface area contributed by atoms with Gasteiger partial charge in [-0.25, -0.2) is 4.79 Å². The van der Waals surface area contributed by atoms with Crippen LogP contribution in [0.5, 0.6) is 5.75 Å². The lowest BCUT2D eigenvalue weighted by molar-refractivity contribution is -0.139. The number of hydrogen-bond donors (Lipinski definition) is 2. The average Bonchev–Trinajstić information content (AvgIpc) is 2.38. The summed E-state index contributed by atoms with van der Waals surface area (Å²) < 4.78 is 10.2. The third kappa shape index (κ3) is 3.95. The first kappa shape index (κ1) is 15.3. The summed E-state index contributed by atoms with van der Waals surface area (Å²) in [6, 6.07) is 5.07. The van der Waals surface area contributed by atoms with E-state index in [2.05, 4.69) is 5.32 Å². The third-order valence-corrected chi connectivity index (χ3v) is 3.62. The normalized spacial score (nSPS) is 20.5. The quantitative estimate of drug-likeness (QED) is 0.835. The Bertz CT molecular complexity index is 537. The number of carbonyl (C=O) groups excluding carboxylic acids is 1. The number of carbonyl (C=O) groups is 2. The van der Waals surface area contributed by atoms with Crippen molar-refractivity contribution in [2.45, 2.75) is 25.9 Å². The minimum absolute atomic E-state index is 0.00251. The van der Waals surface area contributed by atoms with E-state index >= 15 is 0 Å². The van der Waals surface area contributed by atoms with Crippen LogP contribution in [0.25, 0.3) is 0 Å². The molecule has 6 nitrogen and oxygen atoms in total. The van der Waals surface area contributed by atoms with Crippen molar-refractivity contribution in [3.63, 3.8) is 0 Å². The molecule has 0 atom stereocenters. The molecule has 2 rings (SSSR count). The van der Waals surface area contributed by atoms with Crippen molar-refractivity contribution in [3.8, 4) is 5.75 Å². The maximum atomic E-state index is 12.0. The number of anilines is 1. The smallest absolute Gasteiger partial charge is 0.341 e.